The second-order valence-corrected chi connectivity index (χ2v) is 8.04. The molecule has 0 atom stereocenters. The van der Waals surface area contributed by atoms with Crippen molar-refractivity contribution >= 4 is 15.9 Å². The van der Waals surface area contributed by atoms with E-state index in [1.807, 2.05) is 6.92 Å². The quantitative estimate of drug-likeness (QED) is 0.576. The minimum atomic E-state index is -4.59. The number of aryl methyl sites for hydroxylation is 1. The standard InChI is InChI=1S/C19H20F3NO5S/c1-2-3-4-5-13-10-15(24)11-16(25)17(13)29(27,28)23-18(26)12-6-8-14(9-7-12)19(20,21)22/h6-11,24-25H,2-5H2,1H3,(H,23,26). The predicted octanol–water partition coefficient (Wildman–Crippen LogP) is 3.97. The summed E-state index contributed by atoms with van der Waals surface area (Å²) >= 11 is 0. The van der Waals surface area contributed by atoms with Crippen LogP contribution >= 0.6 is 0 Å². The van der Waals surface area contributed by atoms with E-state index in [2.05, 4.69) is 0 Å². The summed E-state index contributed by atoms with van der Waals surface area (Å²) in [6.07, 6.45) is -2.12. The van der Waals surface area contributed by atoms with Crippen LogP contribution in [0.1, 0.15) is 47.7 Å². The number of benzene rings is 2. The molecular formula is C19H20F3NO5S. The Bertz CT molecular complexity index is 986. The molecule has 0 aliphatic heterocycles. The summed E-state index contributed by atoms with van der Waals surface area (Å²) < 4.78 is 64.9. The number of unbranched alkanes of at least 4 members (excludes halogenated alkanes) is 2. The fourth-order valence-electron chi connectivity index (χ4n) is 2.76. The lowest BCUT2D eigenvalue weighted by Crippen LogP contribution is -2.31. The van der Waals surface area contributed by atoms with Crippen molar-refractivity contribution in [3.63, 3.8) is 0 Å². The molecule has 0 aliphatic carbocycles. The Kier molecular flexibility index (Phi) is 6.78. The van der Waals surface area contributed by atoms with Crippen molar-refractivity contribution in [1.29, 1.82) is 0 Å². The number of phenols is 2. The van der Waals surface area contributed by atoms with Crippen molar-refractivity contribution in [2.75, 3.05) is 0 Å². The van der Waals surface area contributed by atoms with Gasteiger partial charge in [-0.3, -0.25) is 4.79 Å². The van der Waals surface area contributed by atoms with E-state index in [1.165, 1.54) is 6.07 Å². The Hall–Kier alpha value is -2.75. The van der Waals surface area contributed by atoms with Crippen LogP contribution < -0.4 is 4.72 Å². The fourth-order valence-corrected chi connectivity index (χ4v) is 4.06. The highest BCUT2D eigenvalue weighted by molar-refractivity contribution is 7.90. The third-order valence-corrected chi connectivity index (χ3v) is 5.61. The van der Waals surface area contributed by atoms with E-state index in [0.29, 0.717) is 18.6 Å². The van der Waals surface area contributed by atoms with Gasteiger partial charge in [0.15, 0.2) is 0 Å². The zero-order valence-corrected chi connectivity index (χ0v) is 16.3. The predicted molar refractivity (Wildman–Crippen MR) is 99.1 cm³/mol. The van der Waals surface area contributed by atoms with E-state index < -0.39 is 38.3 Å². The first kappa shape index (κ1) is 22.5. The molecule has 0 fully saturated rings. The van der Waals surface area contributed by atoms with Gasteiger partial charge >= 0.3 is 6.18 Å². The van der Waals surface area contributed by atoms with Crippen LogP contribution in [0, 0.1) is 0 Å². The molecule has 2 rings (SSSR count). The largest absolute Gasteiger partial charge is 0.508 e. The molecule has 0 aromatic heterocycles. The summed E-state index contributed by atoms with van der Waals surface area (Å²) in [7, 11) is -4.54. The van der Waals surface area contributed by atoms with Crippen LogP contribution in [0.3, 0.4) is 0 Å². The van der Waals surface area contributed by atoms with Crippen LogP contribution in [0.15, 0.2) is 41.3 Å². The molecule has 0 bridgehead atoms. The normalized spacial score (nSPS) is 12.0. The van der Waals surface area contributed by atoms with Crippen molar-refractivity contribution in [2.24, 2.45) is 0 Å². The third kappa shape index (κ3) is 5.63. The highest BCUT2D eigenvalue weighted by Gasteiger charge is 2.31. The second kappa shape index (κ2) is 8.73. The number of alkyl halides is 3. The highest BCUT2D eigenvalue weighted by Crippen LogP contribution is 2.33. The van der Waals surface area contributed by atoms with Crippen LogP contribution in [0.2, 0.25) is 0 Å². The number of phenolic OH excluding ortho intramolecular Hbond substituents is 2. The van der Waals surface area contributed by atoms with Crippen molar-refractivity contribution < 1.29 is 36.6 Å². The number of sulfonamides is 1. The van der Waals surface area contributed by atoms with Gasteiger partial charge < -0.3 is 10.2 Å². The lowest BCUT2D eigenvalue weighted by molar-refractivity contribution is -0.137. The van der Waals surface area contributed by atoms with Crippen molar-refractivity contribution in [3.05, 3.63) is 53.1 Å². The van der Waals surface area contributed by atoms with Gasteiger partial charge in [-0.05, 0) is 48.7 Å². The Balaban J connectivity index is 2.32. The third-order valence-electron chi connectivity index (χ3n) is 4.15. The zero-order valence-electron chi connectivity index (χ0n) is 15.5. The Labute approximate surface area is 166 Å². The van der Waals surface area contributed by atoms with Crippen LogP contribution in [0.25, 0.3) is 0 Å². The molecule has 0 spiro atoms. The van der Waals surface area contributed by atoms with E-state index in [9.17, 15) is 36.6 Å². The molecule has 0 heterocycles. The monoisotopic (exact) mass is 431 g/mol. The maximum absolute atomic E-state index is 12.7. The van der Waals surface area contributed by atoms with E-state index in [1.54, 1.807) is 4.72 Å². The molecule has 158 valence electrons. The number of carbonyl (C=O) groups is 1. The number of hydrogen-bond donors (Lipinski definition) is 3. The molecule has 0 saturated carbocycles. The molecule has 0 aliphatic rings. The van der Waals surface area contributed by atoms with Gasteiger partial charge in [-0.15, -0.1) is 0 Å². The van der Waals surface area contributed by atoms with E-state index in [4.69, 9.17) is 0 Å². The number of carbonyl (C=O) groups excluding carboxylic acids is 1. The summed E-state index contributed by atoms with van der Waals surface area (Å²) in [6.45, 7) is 1.95. The summed E-state index contributed by atoms with van der Waals surface area (Å²) in [4.78, 5) is 11.7. The van der Waals surface area contributed by atoms with Crippen LogP contribution in [0.4, 0.5) is 13.2 Å². The smallest absolute Gasteiger partial charge is 0.416 e. The number of halogens is 3. The summed E-state index contributed by atoms with van der Waals surface area (Å²) in [5, 5.41) is 19.7. The molecule has 3 N–H and O–H groups in total. The van der Waals surface area contributed by atoms with Gasteiger partial charge in [0.05, 0.1) is 5.56 Å². The molecule has 6 nitrogen and oxygen atoms in total. The molecule has 10 heteroatoms. The maximum atomic E-state index is 12.7. The van der Waals surface area contributed by atoms with Gasteiger partial charge in [-0.2, -0.15) is 13.2 Å². The second-order valence-electron chi connectivity index (χ2n) is 6.42. The molecule has 0 saturated heterocycles. The van der Waals surface area contributed by atoms with Gasteiger partial charge in [-0.1, -0.05) is 19.8 Å². The van der Waals surface area contributed by atoms with Crippen LogP contribution in [-0.2, 0) is 22.6 Å². The zero-order chi connectivity index (χ0) is 21.8. The topological polar surface area (TPSA) is 104 Å². The molecule has 29 heavy (non-hydrogen) atoms. The molecular weight excluding hydrogens is 411 g/mol. The first-order chi connectivity index (χ1) is 13.5. The van der Waals surface area contributed by atoms with Gasteiger partial charge in [0.25, 0.3) is 15.9 Å². The van der Waals surface area contributed by atoms with E-state index in [-0.39, 0.29) is 23.3 Å². The van der Waals surface area contributed by atoms with Gasteiger partial charge in [0, 0.05) is 11.6 Å². The molecule has 1 amide bonds. The fraction of sp³-hybridized carbons (Fsp3) is 0.316. The van der Waals surface area contributed by atoms with Gasteiger partial charge in [0.1, 0.15) is 16.4 Å². The first-order valence-corrected chi connectivity index (χ1v) is 10.2. The lowest BCUT2D eigenvalue weighted by atomic mass is 10.1. The summed E-state index contributed by atoms with van der Waals surface area (Å²) in [6, 6.07) is 5.05. The van der Waals surface area contributed by atoms with E-state index in [0.717, 1.165) is 31.0 Å². The Morgan fingerprint density at radius 2 is 1.69 bits per heavy atom. The molecule has 0 radical (unpaired) electrons. The SMILES string of the molecule is CCCCCc1cc(O)cc(O)c1S(=O)(=O)NC(=O)c1ccc(C(F)(F)F)cc1. The average molecular weight is 431 g/mol. The number of hydrogen-bond acceptors (Lipinski definition) is 5. The molecule has 2 aromatic rings. The van der Waals surface area contributed by atoms with E-state index >= 15 is 0 Å². The average Bonchev–Trinajstić information content (AvgIpc) is 2.60. The lowest BCUT2D eigenvalue weighted by Gasteiger charge is -2.14. The van der Waals surface area contributed by atoms with Gasteiger partial charge in [-0.25, -0.2) is 13.1 Å². The number of amides is 1. The Morgan fingerprint density at radius 3 is 2.24 bits per heavy atom. The van der Waals surface area contributed by atoms with Gasteiger partial charge in [0.2, 0.25) is 0 Å². The van der Waals surface area contributed by atoms with Crippen molar-refractivity contribution in [1.82, 2.24) is 4.72 Å². The number of aromatic hydroxyl groups is 2. The molecule has 2 aromatic carbocycles. The highest BCUT2D eigenvalue weighted by atomic mass is 32.2. The minimum Gasteiger partial charge on any atom is -0.508 e. The molecule has 0 unspecified atom stereocenters. The minimum absolute atomic E-state index is 0.128. The first-order valence-electron chi connectivity index (χ1n) is 8.75. The van der Waals surface area contributed by atoms with Crippen molar-refractivity contribution in [2.45, 2.75) is 43.7 Å². The Morgan fingerprint density at radius 1 is 1.07 bits per heavy atom. The number of rotatable bonds is 7. The summed E-state index contributed by atoms with van der Waals surface area (Å²) in [5.41, 5.74) is -1.15. The van der Waals surface area contributed by atoms with Crippen LogP contribution in [-0.4, -0.2) is 24.5 Å². The van der Waals surface area contributed by atoms with Crippen LogP contribution in [0.5, 0.6) is 11.5 Å². The number of nitrogens with one attached hydrogen (secondary N) is 1. The van der Waals surface area contributed by atoms with Crippen molar-refractivity contribution in [3.8, 4) is 11.5 Å². The maximum Gasteiger partial charge on any atom is 0.416 e. The summed E-state index contributed by atoms with van der Waals surface area (Å²) in [5.74, 6) is -2.21.